The van der Waals surface area contributed by atoms with E-state index in [1.165, 1.54) is 6.92 Å². The predicted molar refractivity (Wildman–Crippen MR) is 92.2 cm³/mol. The number of urea groups is 2. The van der Waals surface area contributed by atoms with Crippen molar-refractivity contribution in [2.75, 3.05) is 13.1 Å². The summed E-state index contributed by atoms with van der Waals surface area (Å²) in [7, 11) is 0. The number of benzene rings is 1. The maximum atomic E-state index is 12.2. The van der Waals surface area contributed by atoms with Crippen LogP contribution < -0.4 is 16.4 Å². The van der Waals surface area contributed by atoms with Crippen molar-refractivity contribution in [3.8, 4) is 0 Å². The maximum absolute atomic E-state index is 12.2. The Labute approximate surface area is 154 Å². The third kappa shape index (κ3) is 4.85. The van der Waals surface area contributed by atoms with Crippen LogP contribution in [-0.4, -0.2) is 48.0 Å². The van der Waals surface area contributed by atoms with Crippen LogP contribution in [-0.2, 0) is 14.3 Å². The zero-order valence-corrected chi connectivity index (χ0v) is 14.8. The molecule has 1 fully saturated rings. The summed E-state index contributed by atoms with van der Waals surface area (Å²) in [6.07, 6.45) is -1.43. The van der Waals surface area contributed by atoms with Crippen molar-refractivity contribution in [1.29, 1.82) is 0 Å². The number of carbonyl (C=O) groups excluding carboxylic acids is 4. The van der Waals surface area contributed by atoms with E-state index in [1.54, 1.807) is 24.3 Å². The summed E-state index contributed by atoms with van der Waals surface area (Å²) < 4.78 is 5.10. The molecule has 4 N–H and O–H groups in total. The molecular formula is C16H19ClN4O5. The van der Waals surface area contributed by atoms with Gasteiger partial charge >= 0.3 is 18.0 Å². The SMILES string of the molecule is C[C@H](OC(=O)C[C@H](NC(N)=O)c1ccccc1Cl)C(=O)N1CCNC1=O. The predicted octanol–water partition coefficient (Wildman–Crippen LogP) is 0.923. The lowest BCUT2D eigenvalue weighted by Gasteiger charge is -2.21. The molecule has 2 atom stereocenters. The molecule has 1 aliphatic heterocycles. The van der Waals surface area contributed by atoms with Crippen molar-refractivity contribution in [3.05, 3.63) is 34.9 Å². The first-order chi connectivity index (χ1) is 12.3. The van der Waals surface area contributed by atoms with E-state index in [-0.39, 0.29) is 13.0 Å². The molecule has 0 unspecified atom stereocenters. The summed E-state index contributed by atoms with van der Waals surface area (Å²) in [5, 5.41) is 5.26. The smallest absolute Gasteiger partial charge is 0.324 e. The van der Waals surface area contributed by atoms with Gasteiger partial charge in [-0.05, 0) is 18.6 Å². The number of carbonyl (C=O) groups is 4. The van der Waals surface area contributed by atoms with Crippen LogP contribution in [0, 0.1) is 0 Å². The van der Waals surface area contributed by atoms with Gasteiger partial charge in [0.2, 0.25) is 0 Å². The summed E-state index contributed by atoms with van der Waals surface area (Å²) in [6, 6.07) is 4.47. The minimum Gasteiger partial charge on any atom is -0.452 e. The second-order valence-corrected chi connectivity index (χ2v) is 6.05. The van der Waals surface area contributed by atoms with Crippen molar-refractivity contribution in [2.24, 2.45) is 5.73 Å². The second-order valence-electron chi connectivity index (χ2n) is 5.64. The van der Waals surface area contributed by atoms with Crippen molar-refractivity contribution in [1.82, 2.24) is 15.5 Å². The third-order valence-corrected chi connectivity index (χ3v) is 4.09. The highest BCUT2D eigenvalue weighted by Crippen LogP contribution is 2.25. The van der Waals surface area contributed by atoms with Gasteiger partial charge in [0.15, 0.2) is 6.10 Å². The lowest BCUT2D eigenvalue weighted by atomic mass is 10.0. The Morgan fingerprint density at radius 3 is 2.65 bits per heavy atom. The molecule has 2 rings (SSSR count). The molecule has 0 bridgehead atoms. The molecule has 0 saturated carbocycles. The minimum absolute atomic E-state index is 0.213. The van der Waals surface area contributed by atoms with Gasteiger partial charge in [0, 0.05) is 18.1 Å². The molecule has 0 spiro atoms. The average molecular weight is 383 g/mol. The van der Waals surface area contributed by atoms with Crippen LogP contribution in [0.5, 0.6) is 0 Å². The van der Waals surface area contributed by atoms with Crippen LogP contribution in [0.25, 0.3) is 0 Å². The Hall–Kier alpha value is -2.81. The van der Waals surface area contributed by atoms with Crippen LogP contribution in [0.4, 0.5) is 9.59 Å². The fraction of sp³-hybridized carbons (Fsp3) is 0.375. The van der Waals surface area contributed by atoms with Gasteiger partial charge in [-0.2, -0.15) is 0 Å². The van der Waals surface area contributed by atoms with Gasteiger partial charge in [0.25, 0.3) is 5.91 Å². The molecule has 1 aliphatic rings. The van der Waals surface area contributed by atoms with Gasteiger partial charge in [-0.15, -0.1) is 0 Å². The molecule has 26 heavy (non-hydrogen) atoms. The van der Waals surface area contributed by atoms with Crippen LogP contribution in [0.1, 0.15) is 24.9 Å². The number of imide groups is 1. The average Bonchev–Trinajstić information content (AvgIpc) is 2.99. The highest BCUT2D eigenvalue weighted by Gasteiger charge is 2.32. The monoisotopic (exact) mass is 382 g/mol. The standard InChI is InChI=1S/C16H19ClN4O5/c1-9(14(23)21-7-6-19-16(21)25)26-13(22)8-12(20-15(18)24)10-4-2-3-5-11(10)17/h2-5,9,12H,6-8H2,1H3,(H,19,25)(H3,18,20,24)/t9-,12-/m0/s1. The normalized spacial score (nSPS) is 15.8. The number of primary amides is 1. The Morgan fingerprint density at radius 2 is 2.08 bits per heavy atom. The summed E-state index contributed by atoms with van der Waals surface area (Å²) in [6.45, 7) is 1.94. The van der Waals surface area contributed by atoms with Crippen molar-refractivity contribution >= 4 is 35.5 Å². The lowest BCUT2D eigenvalue weighted by Crippen LogP contribution is -2.42. The highest BCUT2D eigenvalue weighted by atomic mass is 35.5. The zero-order chi connectivity index (χ0) is 19.3. The molecule has 1 saturated heterocycles. The largest absolute Gasteiger partial charge is 0.452 e. The van der Waals surface area contributed by atoms with E-state index < -0.39 is 36.1 Å². The van der Waals surface area contributed by atoms with E-state index in [1.807, 2.05) is 0 Å². The first kappa shape index (κ1) is 19.5. The number of rotatable bonds is 6. The molecule has 0 radical (unpaired) electrons. The number of amides is 5. The Kier molecular flexibility index (Phi) is 6.40. The fourth-order valence-corrected chi connectivity index (χ4v) is 2.80. The number of ether oxygens (including phenoxy) is 1. The molecule has 0 aliphatic carbocycles. The van der Waals surface area contributed by atoms with Gasteiger partial charge < -0.3 is 21.1 Å². The van der Waals surface area contributed by atoms with E-state index >= 15 is 0 Å². The van der Waals surface area contributed by atoms with Crippen LogP contribution in [0.3, 0.4) is 0 Å². The highest BCUT2D eigenvalue weighted by molar-refractivity contribution is 6.31. The van der Waals surface area contributed by atoms with Crippen molar-refractivity contribution in [2.45, 2.75) is 25.5 Å². The molecule has 9 nitrogen and oxygen atoms in total. The quantitative estimate of drug-likeness (QED) is 0.630. The van der Waals surface area contributed by atoms with Crippen LogP contribution in [0.15, 0.2) is 24.3 Å². The molecule has 1 aromatic carbocycles. The molecule has 5 amide bonds. The van der Waals surface area contributed by atoms with Crippen molar-refractivity contribution < 1.29 is 23.9 Å². The Morgan fingerprint density at radius 1 is 1.38 bits per heavy atom. The van der Waals surface area contributed by atoms with Gasteiger partial charge in [0.05, 0.1) is 12.5 Å². The number of esters is 1. The number of nitrogens with zero attached hydrogens (tertiary/aromatic N) is 1. The summed E-state index contributed by atoms with van der Waals surface area (Å²) in [4.78, 5) is 48.1. The number of halogens is 1. The summed E-state index contributed by atoms with van der Waals surface area (Å²) >= 11 is 6.09. The van der Waals surface area contributed by atoms with Gasteiger partial charge in [-0.1, -0.05) is 29.8 Å². The van der Waals surface area contributed by atoms with Crippen molar-refractivity contribution in [3.63, 3.8) is 0 Å². The van der Waals surface area contributed by atoms with Crippen LogP contribution in [0.2, 0.25) is 5.02 Å². The third-order valence-electron chi connectivity index (χ3n) is 3.75. The Balaban J connectivity index is 2.02. The zero-order valence-electron chi connectivity index (χ0n) is 14.0. The number of nitrogens with one attached hydrogen (secondary N) is 2. The topological polar surface area (TPSA) is 131 Å². The van der Waals surface area contributed by atoms with E-state index in [9.17, 15) is 19.2 Å². The molecular weight excluding hydrogens is 364 g/mol. The molecule has 10 heteroatoms. The van der Waals surface area contributed by atoms with Gasteiger partial charge in [-0.3, -0.25) is 14.5 Å². The van der Waals surface area contributed by atoms with E-state index in [0.717, 1.165) is 4.90 Å². The number of hydrogen-bond acceptors (Lipinski definition) is 5. The molecule has 1 aromatic rings. The Bertz CT molecular complexity index is 726. The molecule has 0 aromatic heterocycles. The van der Waals surface area contributed by atoms with Gasteiger partial charge in [-0.25, -0.2) is 9.59 Å². The van der Waals surface area contributed by atoms with Crippen LogP contribution >= 0.6 is 11.6 Å². The van der Waals surface area contributed by atoms with E-state index in [0.29, 0.717) is 17.1 Å². The molecule has 140 valence electrons. The minimum atomic E-state index is -1.15. The fourth-order valence-electron chi connectivity index (χ4n) is 2.53. The maximum Gasteiger partial charge on any atom is 0.324 e. The number of nitrogens with two attached hydrogens (primary N) is 1. The molecule has 1 heterocycles. The first-order valence-electron chi connectivity index (χ1n) is 7.88. The van der Waals surface area contributed by atoms with E-state index in [2.05, 4.69) is 10.6 Å². The first-order valence-corrected chi connectivity index (χ1v) is 8.26. The summed E-state index contributed by atoms with van der Waals surface area (Å²) in [5.41, 5.74) is 5.64. The van der Waals surface area contributed by atoms with E-state index in [4.69, 9.17) is 22.1 Å². The summed E-state index contributed by atoms with van der Waals surface area (Å²) in [5.74, 6) is -1.37. The number of hydrogen-bond donors (Lipinski definition) is 3. The second kappa shape index (κ2) is 8.52. The lowest BCUT2D eigenvalue weighted by molar-refractivity contribution is -0.157. The van der Waals surface area contributed by atoms with Gasteiger partial charge in [0.1, 0.15) is 0 Å².